The van der Waals surface area contributed by atoms with Crippen LogP contribution in [-0.4, -0.2) is 11.8 Å². The fraction of sp³-hybridized carbons (Fsp3) is 0.250. The van der Waals surface area contributed by atoms with Crippen LogP contribution in [0.5, 0.6) is 0 Å². The predicted octanol–water partition coefficient (Wildman–Crippen LogP) is 5.28. The first-order valence-corrected chi connectivity index (χ1v) is 6.65. The lowest BCUT2D eigenvalue weighted by atomic mass is 9.56. The Morgan fingerprint density at radius 1 is 0.542 bits per heavy atom. The molecule has 3 rings (SSSR count). The van der Waals surface area contributed by atoms with E-state index in [0.29, 0.717) is 12.1 Å². The molecule has 0 nitrogen and oxygen atoms in total. The third kappa shape index (κ3) is 1.63. The second-order valence-electron chi connectivity index (χ2n) is 5.49. The Balaban J connectivity index is 2.30. The molecule has 2 aromatic carbocycles. The lowest BCUT2D eigenvalue weighted by Gasteiger charge is -2.58. The summed E-state index contributed by atoms with van der Waals surface area (Å²) in [5.41, 5.74) is -11.7. The average Bonchev–Trinajstić information content (AvgIpc) is 2.52. The Morgan fingerprint density at radius 3 is 1.17 bits per heavy atom. The topological polar surface area (TPSA) is 0 Å². The zero-order valence-corrected chi connectivity index (χ0v) is 11.6. The summed E-state index contributed by atoms with van der Waals surface area (Å²) in [5.74, 6) is -13.3. The van der Waals surface area contributed by atoms with Gasteiger partial charge in [-0.15, -0.1) is 0 Å². The fourth-order valence-electron chi connectivity index (χ4n) is 2.97. The van der Waals surface area contributed by atoms with Crippen LogP contribution in [0.3, 0.4) is 0 Å². The third-order valence-corrected chi connectivity index (χ3v) is 4.18. The number of hydrogen-bond acceptors (Lipinski definition) is 0. The van der Waals surface area contributed by atoms with Crippen LogP contribution in [0, 0.1) is 11.6 Å². The highest BCUT2D eigenvalue weighted by Gasteiger charge is 2.98. The number of alkyl halides is 6. The van der Waals surface area contributed by atoms with Gasteiger partial charge in [0.15, 0.2) is 0 Å². The van der Waals surface area contributed by atoms with Crippen LogP contribution in [0.4, 0.5) is 35.1 Å². The van der Waals surface area contributed by atoms with Crippen LogP contribution in [0.15, 0.2) is 48.5 Å². The molecule has 2 aromatic rings. The van der Waals surface area contributed by atoms with Gasteiger partial charge in [-0.05, 0) is 24.3 Å². The van der Waals surface area contributed by atoms with Gasteiger partial charge in [-0.1, -0.05) is 24.3 Å². The number of halogens is 8. The van der Waals surface area contributed by atoms with E-state index in [2.05, 4.69) is 0 Å². The molecule has 0 bridgehead atoms. The van der Waals surface area contributed by atoms with E-state index in [9.17, 15) is 26.3 Å². The molecule has 0 spiro atoms. The van der Waals surface area contributed by atoms with Crippen molar-refractivity contribution >= 4 is 0 Å². The zero-order valence-electron chi connectivity index (χ0n) is 11.6. The number of hydrogen-bond donors (Lipinski definition) is 0. The van der Waals surface area contributed by atoms with Crippen molar-refractivity contribution in [3.8, 4) is 0 Å². The first-order chi connectivity index (χ1) is 11.0. The van der Waals surface area contributed by atoms with Gasteiger partial charge < -0.3 is 0 Å². The second-order valence-corrected chi connectivity index (χ2v) is 5.49. The van der Waals surface area contributed by atoms with Gasteiger partial charge in [-0.3, -0.25) is 0 Å². The van der Waals surface area contributed by atoms with E-state index in [4.69, 9.17) is 0 Å². The van der Waals surface area contributed by atoms with E-state index in [-0.39, 0.29) is 12.1 Å². The van der Waals surface area contributed by atoms with Crippen molar-refractivity contribution in [1.82, 2.24) is 0 Å². The minimum atomic E-state index is -5.46. The molecule has 0 saturated heterocycles. The standard InChI is InChI=1S/C16H8F8/c17-11-5-1-3-9(7-11)13(19)14(20,16(23,24)15(13,21)22)10-4-2-6-12(18)8-10/h1-8H/t13-,14-/m1/s1. The van der Waals surface area contributed by atoms with E-state index in [0.717, 1.165) is 24.3 Å². The Bertz CT molecular complexity index is 735. The van der Waals surface area contributed by atoms with Crippen molar-refractivity contribution in [2.45, 2.75) is 23.2 Å². The summed E-state index contributed by atoms with van der Waals surface area (Å²) >= 11 is 0. The molecule has 128 valence electrons. The number of rotatable bonds is 2. The Hall–Kier alpha value is -2.12. The van der Waals surface area contributed by atoms with Crippen molar-refractivity contribution in [3.05, 3.63) is 71.3 Å². The minimum absolute atomic E-state index is 0.205. The molecular weight excluding hydrogens is 344 g/mol. The van der Waals surface area contributed by atoms with Gasteiger partial charge >= 0.3 is 11.8 Å². The molecule has 1 aliphatic carbocycles. The van der Waals surface area contributed by atoms with Crippen LogP contribution in [0.25, 0.3) is 0 Å². The van der Waals surface area contributed by atoms with Gasteiger partial charge in [0.2, 0.25) is 11.3 Å². The van der Waals surface area contributed by atoms with E-state index >= 15 is 8.78 Å². The molecule has 8 heteroatoms. The molecule has 0 aliphatic heterocycles. The monoisotopic (exact) mass is 352 g/mol. The van der Waals surface area contributed by atoms with Crippen molar-refractivity contribution in [2.75, 3.05) is 0 Å². The average molecular weight is 352 g/mol. The van der Waals surface area contributed by atoms with E-state index in [1.807, 2.05) is 0 Å². The molecule has 0 amide bonds. The smallest absolute Gasteiger partial charge is 0.227 e. The largest absolute Gasteiger partial charge is 0.355 e. The lowest BCUT2D eigenvalue weighted by Crippen LogP contribution is -2.82. The van der Waals surface area contributed by atoms with Crippen LogP contribution >= 0.6 is 0 Å². The molecule has 0 heterocycles. The highest BCUT2D eigenvalue weighted by atomic mass is 19.3. The summed E-state index contributed by atoms with van der Waals surface area (Å²) in [6.07, 6.45) is 0. The van der Waals surface area contributed by atoms with Crippen LogP contribution in [0.1, 0.15) is 11.1 Å². The summed E-state index contributed by atoms with van der Waals surface area (Å²) < 4.78 is 112. The van der Waals surface area contributed by atoms with Crippen LogP contribution in [0.2, 0.25) is 0 Å². The maximum atomic E-state index is 15.1. The first kappa shape index (κ1) is 16.7. The van der Waals surface area contributed by atoms with Crippen LogP contribution in [-0.2, 0) is 11.3 Å². The SMILES string of the molecule is Fc1cccc([C@]2(F)C(F)(F)C(F)(F)[C@@]2(F)c2cccc(F)c2)c1. The van der Waals surface area contributed by atoms with Gasteiger partial charge in [0.25, 0.3) is 0 Å². The Kier molecular flexibility index (Phi) is 3.28. The van der Waals surface area contributed by atoms with E-state index in [1.165, 1.54) is 0 Å². The maximum Gasteiger partial charge on any atom is 0.355 e. The van der Waals surface area contributed by atoms with Crippen molar-refractivity contribution in [1.29, 1.82) is 0 Å². The van der Waals surface area contributed by atoms with E-state index in [1.54, 1.807) is 0 Å². The fourth-order valence-corrected chi connectivity index (χ4v) is 2.97. The third-order valence-electron chi connectivity index (χ3n) is 4.18. The van der Waals surface area contributed by atoms with Gasteiger partial charge in [-0.25, -0.2) is 17.6 Å². The molecule has 1 fully saturated rings. The van der Waals surface area contributed by atoms with Crippen molar-refractivity contribution < 1.29 is 35.1 Å². The van der Waals surface area contributed by atoms with Crippen molar-refractivity contribution in [3.63, 3.8) is 0 Å². The van der Waals surface area contributed by atoms with Crippen molar-refractivity contribution in [2.24, 2.45) is 0 Å². The van der Waals surface area contributed by atoms with E-state index < -0.39 is 45.9 Å². The molecular formula is C16H8F8. The minimum Gasteiger partial charge on any atom is -0.227 e. The van der Waals surface area contributed by atoms with Gasteiger partial charge in [0.1, 0.15) is 11.6 Å². The zero-order chi connectivity index (χ0) is 18.0. The second kappa shape index (κ2) is 4.70. The number of benzene rings is 2. The molecule has 0 aromatic heterocycles. The molecule has 0 N–H and O–H groups in total. The first-order valence-electron chi connectivity index (χ1n) is 6.65. The molecule has 1 aliphatic rings. The summed E-state index contributed by atoms with van der Waals surface area (Å²) in [4.78, 5) is 0. The predicted molar refractivity (Wildman–Crippen MR) is 68.3 cm³/mol. The van der Waals surface area contributed by atoms with Gasteiger partial charge in [-0.2, -0.15) is 17.6 Å². The lowest BCUT2D eigenvalue weighted by molar-refractivity contribution is -0.451. The molecule has 0 unspecified atom stereocenters. The molecule has 2 atom stereocenters. The quantitative estimate of drug-likeness (QED) is 0.645. The Labute approximate surface area is 130 Å². The molecule has 1 saturated carbocycles. The van der Waals surface area contributed by atoms with Gasteiger partial charge in [0, 0.05) is 11.1 Å². The molecule has 0 radical (unpaired) electrons. The summed E-state index contributed by atoms with van der Waals surface area (Å²) in [5, 5.41) is 0. The highest BCUT2D eigenvalue weighted by molar-refractivity contribution is 5.48. The Morgan fingerprint density at radius 2 is 0.875 bits per heavy atom. The summed E-state index contributed by atoms with van der Waals surface area (Å²) in [7, 11) is 0. The van der Waals surface area contributed by atoms with Crippen LogP contribution < -0.4 is 0 Å². The highest BCUT2D eigenvalue weighted by Crippen LogP contribution is 2.76. The maximum absolute atomic E-state index is 15.1. The summed E-state index contributed by atoms with van der Waals surface area (Å²) in [6, 6.07) is 4.62. The van der Waals surface area contributed by atoms with Gasteiger partial charge in [0.05, 0.1) is 0 Å². The molecule has 24 heavy (non-hydrogen) atoms. The normalized spacial score (nSPS) is 30.7. The summed E-state index contributed by atoms with van der Waals surface area (Å²) in [6.45, 7) is 0.